The molecule has 0 aliphatic heterocycles. The predicted octanol–water partition coefficient (Wildman–Crippen LogP) is 5.01. The van der Waals surface area contributed by atoms with E-state index in [2.05, 4.69) is 5.32 Å². The smallest absolute Gasteiger partial charge is 0.264 e. The molecular formula is C25H28N2O3S. The van der Waals surface area contributed by atoms with Crippen molar-refractivity contribution in [1.29, 1.82) is 0 Å². The molecular weight excluding hydrogens is 408 g/mol. The zero-order chi connectivity index (χ0) is 22.6. The zero-order valence-electron chi connectivity index (χ0n) is 18.3. The summed E-state index contributed by atoms with van der Waals surface area (Å²) >= 11 is 0. The average molecular weight is 437 g/mol. The molecule has 0 radical (unpaired) electrons. The Morgan fingerprint density at radius 1 is 0.935 bits per heavy atom. The standard InChI is InChI=1S/C25H28N2O3S/c1-5-24(23-9-7-6-8-19(23)3)26-25(28)20-12-14-21(15-13-20)27(4)31(29,30)22-16-10-18(2)11-17-22/h6-17,24H,5H2,1-4H3,(H,26,28)/t24-/m0/s1. The van der Waals surface area contributed by atoms with Gasteiger partial charge in [-0.25, -0.2) is 8.42 Å². The normalized spacial score (nSPS) is 12.3. The Labute approximate surface area is 184 Å². The third kappa shape index (κ3) is 4.97. The number of nitrogens with zero attached hydrogens (tertiary/aromatic N) is 1. The van der Waals surface area contributed by atoms with E-state index in [1.807, 2.05) is 45.0 Å². The van der Waals surface area contributed by atoms with Gasteiger partial charge in [-0.15, -0.1) is 0 Å². The summed E-state index contributed by atoms with van der Waals surface area (Å²) in [6.07, 6.45) is 0.770. The van der Waals surface area contributed by atoms with Crippen molar-refractivity contribution in [2.75, 3.05) is 11.4 Å². The molecule has 0 spiro atoms. The molecule has 3 aromatic carbocycles. The number of hydrogen-bond donors (Lipinski definition) is 1. The van der Waals surface area contributed by atoms with Gasteiger partial charge >= 0.3 is 0 Å². The number of sulfonamides is 1. The highest BCUT2D eigenvalue weighted by Crippen LogP contribution is 2.24. The van der Waals surface area contributed by atoms with Crippen LogP contribution < -0.4 is 9.62 Å². The Bertz CT molecular complexity index is 1150. The molecule has 6 heteroatoms. The van der Waals surface area contributed by atoms with Gasteiger partial charge in [-0.1, -0.05) is 48.9 Å². The predicted molar refractivity (Wildman–Crippen MR) is 125 cm³/mol. The summed E-state index contributed by atoms with van der Waals surface area (Å²) in [5.41, 5.74) is 4.19. The first kappa shape index (κ1) is 22.6. The first-order valence-corrected chi connectivity index (χ1v) is 11.7. The number of anilines is 1. The largest absolute Gasteiger partial charge is 0.345 e. The first-order valence-electron chi connectivity index (χ1n) is 10.3. The van der Waals surface area contributed by atoms with E-state index < -0.39 is 10.0 Å². The van der Waals surface area contributed by atoms with Gasteiger partial charge in [0.15, 0.2) is 0 Å². The number of aryl methyl sites for hydroxylation is 2. The Morgan fingerprint density at radius 3 is 2.13 bits per heavy atom. The summed E-state index contributed by atoms with van der Waals surface area (Å²) in [4.78, 5) is 13.0. The highest BCUT2D eigenvalue weighted by Gasteiger charge is 2.22. The number of carbonyl (C=O) groups excluding carboxylic acids is 1. The Balaban J connectivity index is 1.76. The second kappa shape index (κ2) is 9.35. The van der Waals surface area contributed by atoms with Crippen LogP contribution in [0.5, 0.6) is 0 Å². The lowest BCUT2D eigenvalue weighted by Gasteiger charge is -2.21. The summed E-state index contributed by atoms with van der Waals surface area (Å²) in [6.45, 7) is 5.97. The van der Waals surface area contributed by atoms with E-state index in [-0.39, 0.29) is 16.8 Å². The number of carbonyl (C=O) groups is 1. The van der Waals surface area contributed by atoms with Crippen molar-refractivity contribution in [2.24, 2.45) is 0 Å². The minimum absolute atomic E-state index is 0.0852. The van der Waals surface area contributed by atoms with Crippen molar-refractivity contribution in [1.82, 2.24) is 5.32 Å². The van der Waals surface area contributed by atoms with E-state index in [4.69, 9.17) is 0 Å². The third-order valence-electron chi connectivity index (χ3n) is 5.45. The lowest BCUT2D eigenvalue weighted by Crippen LogP contribution is -2.29. The van der Waals surface area contributed by atoms with Crippen LogP contribution in [0.2, 0.25) is 0 Å². The zero-order valence-corrected chi connectivity index (χ0v) is 19.1. The van der Waals surface area contributed by atoms with Crippen LogP contribution in [0.25, 0.3) is 0 Å². The molecule has 3 rings (SSSR count). The molecule has 1 amide bonds. The van der Waals surface area contributed by atoms with Gasteiger partial charge in [0.05, 0.1) is 16.6 Å². The van der Waals surface area contributed by atoms with Crippen molar-refractivity contribution in [3.8, 4) is 0 Å². The van der Waals surface area contributed by atoms with Gasteiger partial charge < -0.3 is 5.32 Å². The SMILES string of the molecule is CC[C@H](NC(=O)c1ccc(N(C)S(=O)(=O)c2ccc(C)cc2)cc1)c1ccccc1C. The molecule has 0 saturated carbocycles. The number of nitrogens with one attached hydrogen (secondary N) is 1. The van der Waals surface area contributed by atoms with Crippen molar-refractivity contribution in [2.45, 2.75) is 38.1 Å². The summed E-state index contributed by atoms with van der Waals surface area (Å²) in [6, 6.07) is 21.2. The maximum Gasteiger partial charge on any atom is 0.264 e. The minimum Gasteiger partial charge on any atom is -0.345 e. The average Bonchev–Trinajstić information content (AvgIpc) is 2.77. The Kier molecular flexibility index (Phi) is 6.81. The van der Waals surface area contributed by atoms with Gasteiger partial charge in [-0.2, -0.15) is 0 Å². The summed E-state index contributed by atoms with van der Waals surface area (Å²) in [5.74, 6) is -0.189. The Hall–Kier alpha value is -3.12. The summed E-state index contributed by atoms with van der Waals surface area (Å²) in [5, 5.41) is 3.08. The fourth-order valence-electron chi connectivity index (χ4n) is 3.45. The monoisotopic (exact) mass is 436 g/mol. The van der Waals surface area contributed by atoms with Crippen LogP contribution in [0.3, 0.4) is 0 Å². The molecule has 0 aliphatic carbocycles. The molecule has 0 heterocycles. The van der Waals surface area contributed by atoms with E-state index in [0.29, 0.717) is 11.3 Å². The molecule has 1 atom stereocenters. The molecule has 0 saturated heterocycles. The van der Waals surface area contributed by atoms with Crippen LogP contribution in [0, 0.1) is 13.8 Å². The number of hydrogen-bond acceptors (Lipinski definition) is 3. The van der Waals surface area contributed by atoms with Gasteiger partial charge in [-0.3, -0.25) is 9.10 Å². The van der Waals surface area contributed by atoms with E-state index in [1.165, 1.54) is 11.4 Å². The van der Waals surface area contributed by atoms with E-state index in [0.717, 1.165) is 23.1 Å². The van der Waals surface area contributed by atoms with Crippen molar-refractivity contribution >= 4 is 21.6 Å². The molecule has 0 bridgehead atoms. The van der Waals surface area contributed by atoms with Crippen molar-refractivity contribution < 1.29 is 13.2 Å². The van der Waals surface area contributed by atoms with Gasteiger partial charge in [0, 0.05) is 12.6 Å². The van der Waals surface area contributed by atoms with Crippen molar-refractivity contribution in [3.05, 3.63) is 95.1 Å². The second-order valence-electron chi connectivity index (χ2n) is 7.62. The molecule has 0 aliphatic rings. The Morgan fingerprint density at radius 2 is 1.55 bits per heavy atom. The molecule has 3 aromatic rings. The minimum atomic E-state index is -3.67. The molecule has 162 valence electrons. The molecule has 0 unspecified atom stereocenters. The molecule has 0 aromatic heterocycles. The molecule has 31 heavy (non-hydrogen) atoms. The third-order valence-corrected chi connectivity index (χ3v) is 7.25. The van der Waals surface area contributed by atoms with E-state index in [1.54, 1.807) is 48.5 Å². The number of amides is 1. The van der Waals surface area contributed by atoms with Gasteiger partial charge in [-0.05, 0) is 67.8 Å². The van der Waals surface area contributed by atoms with Gasteiger partial charge in [0.1, 0.15) is 0 Å². The highest BCUT2D eigenvalue weighted by molar-refractivity contribution is 7.92. The van der Waals surface area contributed by atoms with E-state index in [9.17, 15) is 13.2 Å². The van der Waals surface area contributed by atoms with Crippen LogP contribution in [-0.2, 0) is 10.0 Å². The van der Waals surface area contributed by atoms with Crippen molar-refractivity contribution in [3.63, 3.8) is 0 Å². The fraction of sp³-hybridized carbons (Fsp3) is 0.240. The highest BCUT2D eigenvalue weighted by atomic mass is 32.2. The number of rotatable bonds is 7. The number of benzene rings is 3. The quantitative estimate of drug-likeness (QED) is 0.566. The molecule has 5 nitrogen and oxygen atoms in total. The van der Waals surface area contributed by atoms with E-state index >= 15 is 0 Å². The van der Waals surface area contributed by atoms with Crippen LogP contribution in [0.15, 0.2) is 77.7 Å². The maximum atomic E-state index is 12.9. The maximum absolute atomic E-state index is 12.9. The van der Waals surface area contributed by atoms with Crippen LogP contribution >= 0.6 is 0 Å². The first-order chi connectivity index (χ1) is 14.7. The van der Waals surface area contributed by atoms with Gasteiger partial charge in [0.2, 0.25) is 0 Å². The lowest BCUT2D eigenvalue weighted by molar-refractivity contribution is 0.0935. The fourth-order valence-corrected chi connectivity index (χ4v) is 4.64. The topological polar surface area (TPSA) is 66.5 Å². The lowest BCUT2D eigenvalue weighted by atomic mass is 9.99. The summed E-state index contributed by atoms with van der Waals surface area (Å²) < 4.78 is 27.0. The van der Waals surface area contributed by atoms with Crippen LogP contribution in [-0.4, -0.2) is 21.4 Å². The summed E-state index contributed by atoms with van der Waals surface area (Å²) in [7, 11) is -2.16. The molecule has 1 N–H and O–H groups in total. The van der Waals surface area contributed by atoms with Crippen LogP contribution in [0.1, 0.15) is 46.4 Å². The van der Waals surface area contributed by atoms with Crippen LogP contribution in [0.4, 0.5) is 5.69 Å². The second-order valence-corrected chi connectivity index (χ2v) is 9.59. The molecule has 0 fully saturated rings. The van der Waals surface area contributed by atoms with Gasteiger partial charge in [0.25, 0.3) is 15.9 Å².